The smallest absolute Gasteiger partial charge is 0.224 e. The third kappa shape index (κ3) is 5.66. The van der Waals surface area contributed by atoms with Gasteiger partial charge in [0.25, 0.3) is 0 Å². The van der Waals surface area contributed by atoms with Crippen molar-refractivity contribution in [1.82, 2.24) is 4.98 Å². The summed E-state index contributed by atoms with van der Waals surface area (Å²) in [6, 6.07) is 10.5. The van der Waals surface area contributed by atoms with E-state index in [0.29, 0.717) is 16.3 Å². The van der Waals surface area contributed by atoms with Gasteiger partial charge in [0.1, 0.15) is 5.82 Å². The molecular formula is C18H20ClN3O2. The molecule has 0 atom stereocenters. The second-order valence-electron chi connectivity index (χ2n) is 5.71. The Morgan fingerprint density at radius 2 is 1.79 bits per heavy atom. The molecule has 0 bridgehead atoms. The van der Waals surface area contributed by atoms with Crippen molar-refractivity contribution in [3.8, 4) is 0 Å². The average molecular weight is 346 g/mol. The van der Waals surface area contributed by atoms with Crippen LogP contribution >= 0.6 is 11.6 Å². The Hall–Kier alpha value is -2.40. The summed E-state index contributed by atoms with van der Waals surface area (Å²) in [4.78, 5) is 28.2. The average Bonchev–Trinajstić information content (AvgIpc) is 2.54. The highest BCUT2D eigenvalue weighted by atomic mass is 35.5. The van der Waals surface area contributed by atoms with Crippen LogP contribution in [0.1, 0.15) is 37.0 Å². The lowest BCUT2D eigenvalue weighted by Crippen LogP contribution is -2.14. The quantitative estimate of drug-likeness (QED) is 0.739. The molecule has 0 fully saturated rings. The number of amides is 1. The number of aromatic nitrogens is 1. The lowest BCUT2D eigenvalue weighted by Gasteiger charge is -2.10. The third-order valence-corrected chi connectivity index (χ3v) is 3.48. The van der Waals surface area contributed by atoms with Crippen LogP contribution in [0.4, 0.5) is 11.5 Å². The Morgan fingerprint density at radius 1 is 1.08 bits per heavy atom. The van der Waals surface area contributed by atoms with Gasteiger partial charge in [-0.1, -0.05) is 11.6 Å². The van der Waals surface area contributed by atoms with Crippen LogP contribution in [0.5, 0.6) is 0 Å². The van der Waals surface area contributed by atoms with Gasteiger partial charge in [0.15, 0.2) is 5.78 Å². The first-order valence-corrected chi connectivity index (χ1v) is 8.13. The number of nitrogens with zero attached hydrogens (tertiary/aromatic N) is 1. The standard InChI is InChI=1S/C18H20ClN3O2/c1-12(2)21-17-9-7-15(11-20-17)22-18(24)10-8-16(23)13-3-5-14(19)6-4-13/h3-7,9,11-12H,8,10H2,1-2H3,(H,20,21)(H,22,24). The van der Waals surface area contributed by atoms with Crippen LogP contribution in [0.2, 0.25) is 5.02 Å². The summed E-state index contributed by atoms with van der Waals surface area (Å²) in [6.07, 6.45) is 1.85. The van der Waals surface area contributed by atoms with Crippen molar-refractivity contribution in [2.24, 2.45) is 0 Å². The Bertz CT molecular complexity index is 697. The lowest BCUT2D eigenvalue weighted by molar-refractivity contribution is -0.116. The van der Waals surface area contributed by atoms with Gasteiger partial charge in [-0.05, 0) is 50.2 Å². The molecule has 2 aromatic rings. The molecular weight excluding hydrogens is 326 g/mol. The number of nitrogens with one attached hydrogen (secondary N) is 2. The first-order chi connectivity index (χ1) is 11.4. The maximum Gasteiger partial charge on any atom is 0.224 e. The number of pyridine rings is 1. The molecule has 0 saturated carbocycles. The Labute approximate surface area is 146 Å². The van der Waals surface area contributed by atoms with Crippen LogP contribution in [0.3, 0.4) is 0 Å². The highest BCUT2D eigenvalue weighted by Crippen LogP contribution is 2.13. The molecule has 126 valence electrons. The fraction of sp³-hybridized carbons (Fsp3) is 0.278. The van der Waals surface area contributed by atoms with Gasteiger partial charge in [-0.3, -0.25) is 9.59 Å². The number of rotatable bonds is 7. The molecule has 0 unspecified atom stereocenters. The molecule has 0 spiro atoms. The van der Waals surface area contributed by atoms with Gasteiger partial charge < -0.3 is 10.6 Å². The molecule has 6 heteroatoms. The minimum atomic E-state index is -0.219. The number of Topliss-reactive ketones (excluding diaryl/α,β-unsaturated/α-hetero) is 1. The van der Waals surface area contributed by atoms with E-state index >= 15 is 0 Å². The summed E-state index contributed by atoms with van der Waals surface area (Å²) in [5.74, 6) is 0.445. The van der Waals surface area contributed by atoms with Gasteiger partial charge >= 0.3 is 0 Å². The fourth-order valence-electron chi connectivity index (χ4n) is 2.08. The number of ketones is 1. The van der Waals surface area contributed by atoms with Crippen LogP contribution in [-0.4, -0.2) is 22.7 Å². The second-order valence-corrected chi connectivity index (χ2v) is 6.15. The third-order valence-electron chi connectivity index (χ3n) is 3.23. The summed E-state index contributed by atoms with van der Waals surface area (Å²) in [5.41, 5.74) is 1.16. The molecule has 0 saturated heterocycles. The zero-order valence-electron chi connectivity index (χ0n) is 13.7. The van der Waals surface area contributed by atoms with E-state index in [-0.39, 0.29) is 30.6 Å². The normalized spacial score (nSPS) is 10.5. The monoisotopic (exact) mass is 345 g/mol. The van der Waals surface area contributed by atoms with E-state index in [4.69, 9.17) is 11.6 Å². The zero-order valence-corrected chi connectivity index (χ0v) is 14.4. The number of hydrogen-bond donors (Lipinski definition) is 2. The number of halogens is 1. The molecule has 1 heterocycles. The summed E-state index contributed by atoms with van der Waals surface area (Å²) < 4.78 is 0. The topological polar surface area (TPSA) is 71.1 Å². The van der Waals surface area contributed by atoms with Crippen molar-refractivity contribution >= 4 is 34.8 Å². The molecule has 24 heavy (non-hydrogen) atoms. The summed E-state index contributed by atoms with van der Waals surface area (Å²) in [7, 11) is 0. The predicted molar refractivity (Wildman–Crippen MR) is 96.6 cm³/mol. The Kier molecular flexibility index (Phi) is 6.32. The van der Waals surface area contributed by atoms with Crippen LogP contribution in [0.15, 0.2) is 42.6 Å². The Morgan fingerprint density at radius 3 is 2.38 bits per heavy atom. The van der Waals surface area contributed by atoms with Crippen molar-refractivity contribution in [3.05, 3.63) is 53.2 Å². The molecule has 2 N–H and O–H groups in total. The molecule has 0 radical (unpaired) electrons. The van der Waals surface area contributed by atoms with E-state index in [1.54, 1.807) is 42.6 Å². The Balaban J connectivity index is 1.82. The van der Waals surface area contributed by atoms with Gasteiger partial charge in [0, 0.05) is 29.5 Å². The van der Waals surface area contributed by atoms with Gasteiger partial charge in [0.05, 0.1) is 11.9 Å². The van der Waals surface area contributed by atoms with Gasteiger partial charge in [0.2, 0.25) is 5.91 Å². The van der Waals surface area contributed by atoms with Crippen LogP contribution in [-0.2, 0) is 4.79 Å². The molecule has 0 aliphatic rings. The summed E-state index contributed by atoms with van der Waals surface area (Å²) >= 11 is 5.79. The van der Waals surface area contributed by atoms with Gasteiger partial charge in [-0.15, -0.1) is 0 Å². The van der Waals surface area contributed by atoms with Crippen molar-refractivity contribution in [2.45, 2.75) is 32.7 Å². The number of hydrogen-bond acceptors (Lipinski definition) is 4. The molecule has 1 aromatic heterocycles. The van der Waals surface area contributed by atoms with E-state index in [2.05, 4.69) is 15.6 Å². The van der Waals surface area contributed by atoms with Crippen molar-refractivity contribution in [1.29, 1.82) is 0 Å². The first-order valence-electron chi connectivity index (χ1n) is 7.75. The molecule has 1 aromatic carbocycles. The molecule has 0 aliphatic heterocycles. The SMILES string of the molecule is CC(C)Nc1ccc(NC(=O)CCC(=O)c2ccc(Cl)cc2)cn1. The molecule has 2 rings (SSSR count). The van der Waals surface area contributed by atoms with Crippen LogP contribution in [0, 0.1) is 0 Å². The maximum absolute atomic E-state index is 12.0. The molecule has 5 nitrogen and oxygen atoms in total. The van der Waals surface area contributed by atoms with E-state index in [1.807, 2.05) is 13.8 Å². The van der Waals surface area contributed by atoms with Crippen LogP contribution < -0.4 is 10.6 Å². The fourth-order valence-corrected chi connectivity index (χ4v) is 2.21. The highest BCUT2D eigenvalue weighted by molar-refractivity contribution is 6.30. The van der Waals surface area contributed by atoms with E-state index in [9.17, 15) is 9.59 Å². The van der Waals surface area contributed by atoms with Crippen molar-refractivity contribution < 1.29 is 9.59 Å². The van der Waals surface area contributed by atoms with Crippen molar-refractivity contribution in [2.75, 3.05) is 10.6 Å². The number of carbonyl (C=O) groups is 2. The van der Waals surface area contributed by atoms with Gasteiger partial charge in [-0.2, -0.15) is 0 Å². The predicted octanol–water partition coefficient (Wildman–Crippen LogP) is 4.16. The second kappa shape index (κ2) is 8.45. The number of carbonyl (C=O) groups excluding carboxylic acids is 2. The maximum atomic E-state index is 12.0. The minimum Gasteiger partial charge on any atom is -0.368 e. The van der Waals surface area contributed by atoms with E-state index < -0.39 is 0 Å². The lowest BCUT2D eigenvalue weighted by atomic mass is 10.1. The van der Waals surface area contributed by atoms with E-state index in [0.717, 1.165) is 5.82 Å². The largest absolute Gasteiger partial charge is 0.368 e. The van der Waals surface area contributed by atoms with Crippen molar-refractivity contribution in [3.63, 3.8) is 0 Å². The van der Waals surface area contributed by atoms with E-state index in [1.165, 1.54) is 0 Å². The summed E-state index contributed by atoms with van der Waals surface area (Å²) in [5, 5.41) is 6.48. The summed E-state index contributed by atoms with van der Waals surface area (Å²) in [6.45, 7) is 4.05. The zero-order chi connectivity index (χ0) is 17.5. The highest BCUT2D eigenvalue weighted by Gasteiger charge is 2.10. The molecule has 0 aliphatic carbocycles. The minimum absolute atomic E-state index is 0.0866. The number of anilines is 2. The first kappa shape index (κ1) is 17.9. The molecule has 1 amide bonds. The van der Waals surface area contributed by atoms with Crippen LogP contribution in [0.25, 0.3) is 0 Å². The number of benzene rings is 1. The van der Waals surface area contributed by atoms with Gasteiger partial charge in [-0.25, -0.2) is 4.98 Å².